The van der Waals surface area contributed by atoms with Crippen LogP contribution >= 0.6 is 11.8 Å². The first kappa shape index (κ1) is 18.0. The molecule has 6 nitrogen and oxygen atoms in total. The summed E-state index contributed by atoms with van der Waals surface area (Å²) in [6, 6.07) is 14.0. The van der Waals surface area contributed by atoms with E-state index in [2.05, 4.69) is 5.32 Å². The molecular formula is C19H17NO5S. The second-order valence-corrected chi connectivity index (χ2v) is 6.86. The van der Waals surface area contributed by atoms with E-state index in [-0.39, 0.29) is 24.7 Å². The topological polar surface area (TPSA) is 81.7 Å². The van der Waals surface area contributed by atoms with Crippen LogP contribution in [0.1, 0.15) is 16.8 Å². The summed E-state index contributed by atoms with van der Waals surface area (Å²) in [7, 11) is 1.51. The van der Waals surface area contributed by atoms with Gasteiger partial charge in [0, 0.05) is 10.5 Å². The van der Waals surface area contributed by atoms with Gasteiger partial charge in [0.25, 0.3) is 0 Å². The fraction of sp³-hybridized carbons (Fsp3) is 0.211. The van der Waals surface area contributed by atoms with Gasteiger partial charge in [-0.25, -0.2) is 0 Å². The number of Topliss-reactive ketones (excluding diaryl/α,β-unsaturated/α-hetero) is 1. The number of nitrogens with one attached hydrogen (secondary N) is 1. The van der Waals surface area contributed by atoms with Crippen molar-refractivity contribution in [3.05, 3.63) is 54.1 Å². The van der Waals surface area contributed by atoms with Crippen LogP contribution in [0.25, 0.3) is 0 Å². The maximum absolute atomic E-state index is 12.1. The summed E-state index contributed by atoms with van der Waals surface area (Å²) in [5, 5.41) is 2.19. The van der Waals surface area contributed by atoms with Gasteiger partial charge in [-0.1, -0.05) is 24.3 Å². The van der Waals surface area contributed by atoms with E-state index < -0.39 is 11.2 Å². The molecule has 3 rings (SSSR count). The largest absolute Gasteiger partial charge is 0.497 e. The first-order valence-electron chi connectivity index (χ1n) is 7.96. The van der Waals surface area contributed by atoms with Gasteiger partial charge in [0.05, 0.1) is 24.5 Å². The predicted octanol–water partition coefficient (Wildman–Crippen LogP) is 2.92. The number of hydrogen-bond acceptors (Lipinski definition) is 6. The average molecular weight is 371 g/mol. The monoisotopic (exact) mass is 371 g/mol. The van der Waals surface area contributed by atoms with Gasteiger partial charge in [0.1, 0.15) is 5.75 Å². The number of carbonyl (C=O) groups excluding carboxylic acids is 3. The molecule has 1 aliphatic rings. The van der Waals surface area contributed by atoms with Crippen molar-refractivity contribution in [3.63, 3.8) is 0 Å². The molecule has 0 aliphatic carbocycles. The molecule has 0 fully saturated rings. The highest BCUT2D eigenvalue weighted by atomic mass is 32.2. The molecule has 1 atom stereocenters. The smallest absolute Gasteiger partial charge is 0.307 e. The van der Waals surface area contributed by atoms with Crippen molar-refractivity contribution < 1.29 is 23.9 Å². The number of benzene rings is 2. The van der Waals surface area contributed by atoms with Gasteiger partial charge in [-0.3, -0.25) is 14.4 Å². The fourth-order valence-electron chi connectivity index (χ4n) is 2.46. The third kappa shape index (κ3) is 4.23. The summed E-state index contributed by atoms with van der Waals surface area (Å²) in [6.07, 6.45) is -0.101. The molecule has 0 unspecified atom stereocenters. The van der Waals surface area contributed by atoms with E-state index >= 15 is 0 Å². The standard InChI is InChI=1S/C19H17NO5S/c1-24-13-6-4-5-12(9-13)15(21)11-25-18(22)10-17-19(23)20-14-7-2-3-8-16(14)26-17/h2-9,17H,10-11H2,1H3,(H,20,23)/t17-/m1/s1. The van der Waals surface area contributed by atoms with E-state index in [1.165, 1.54) is 18.9 Å². The average Bonchev–Trinajstić information content (AvgIpc) is 2.66. The van der Waals surface area contributed by atoms with Crippen LogP contribution in [-0.4, -0.2) is 36.6 Å². The van der Waals surface area contributed by atoms with Crippen LogP contribution in [0.2, 0.25) is 0 Å². The van der Waals surface area contributed by atoms with Crippen LogP contribution in [0, 0.1) is 0 Å². The maximum Gasteiger partial charge on any atom is 0.307 e. The number of ketones is 1. The Balaban J connectivity index is 1.54. The number of esters is 1. The van der Waals surface area contributed by atoms with E-state index in [1.807, 2.05) is 24.3 Å². The Hall–Kier alpha value is -2.80. The summed E-state index contributed by atoms with van der Waals surface area (Å²) in [6.45, 7) is -0.373. The van der Waals surface area contributed by atoms with Gasteiger partial charge in [0.15, 0.2) is 12.4 Å². The number of carbonyl (C=O) groups is 3. The zero-order valence-electron chi connectivity index (χ0n) is 14.1. The van der Waals surface area contributed by atoms with Crippen molar-refractivity contribution >= 4 is 35.1 Å². The summed E-state index contributed by atoms with van der Waals surface area (Å²) in [5.74, 6) is -0.613. The summed E-state index contributed by atoms with van der Waals surface area (Å²) in [4.78, 5) is 37.2. The van der Waals surface area contributed by atoms with Crippen molar-refractivity contribution in [2.24, 2.45) is 0 Å². The SMILES string of the molecule is COc1cccc(C(=O)COC(=O)C[C@H]2Sc3ccccc3NC2=O)c1. The van der Waals surface area contributed by atoms with Gasteiger partial charge in [0.2, 0.25) is 5.91 Å². The lowest BCUT2D eigenvalue weighted by atomic mass is 10.1. The van der Waals surface area contributed by atoms with Crippen LogP contribution in [0.5, 0.6) is 5.75 Å². The van der Waals surface area contributed by atoms with Gasteiger partial charge in [-0.15, -0.1) is 11.8 Å². The van der Waals surface area contributed by atoms with Gasteiger partial charge in [-0.05, 0) is 24.3 Å². The zero-order chi connectivity index (χ0) is 18.5. The van der Waals surface area contributed by atoms with E-state index in [1.54, 1.807) is 24.3 Å². The van der Waals surface area contributed by atoms with Crippen LogP contribution < -0.4 is 10.1 Å². The molecule has 1 heterocycles. The second kappa shape index (κ2) is 8.05. The number of ether oxygens (including phenoxy) is 2. The predicted molar refractivity (Wildman–Crippen MR) is 97.6 cm³/mol. The zero-order valence-corrected chi connectivity index (χ0v) is 14.9. The quantitative estimate of drug-likeness (QED) is 0.621. The lowest BCUT2D eigenvalue weighted by Gasteiger charge is -2.23. The Bertz CT molecular complexity index is 851. The molecule has 0 saturated heterocycles. The first-order valence-corrected chi connectivity index (χ1v) is 8.84. The highest BCUT2D eigenvalue weighted by Gasteiger charge is 2.29. The number of para-hydroxylation sites is 1. The number of rotatable bonds is 6. The molecule has 2 aromatic carbocycles. The molecule has 0 spiro atoms. The lowest BCUT2D eigenvalue weighted by molar-refractivity contribution is -0.143. The molecular weight excluding hydrogens is 354 g/mol. The van der Waals surface area contributed by atoms with Gasteiger partial charge < -0.3 is 14.8 Å². The van der Waals surface area contributed by atoms with Crippen LogP contribution in [0.15, 0.2) is 53.4 Å². The first-order chi connectivity index (χ1) is 12.6. The molecule has 0 bridgehead atoms. The van der Waals surface area contributed by atoms with Crippen molar-refractivity contribution in [2.45, 2.75) is 16.6 Å². The van der Waals surface area contributed by atoms with Gasteiger partial charge in [-0.2, -0.15) is 0 Å². The Kier molecular flexibility index (Phi) is 5.58. The van der Waals surface area contributed by atoms with Crippen molar-refractivity contribution in [1.29, 1.82) is 0 Å². The van der Waals surface area contributed by atoms with Crippen LogP contribution in [0.3, 0.4) is 0 Å². The van der Waals surface area contributed by atoms with Crippen LogP contribution in [0.4, 0.5) is 5.69 Å². The minimum atomic E-state index is -0.590. The highest BCUT2D eigenvalue weighted by molar-refractivity contribution is 8.01. The van der Waals surface area contributed by atoms with E-state index in [9.17, 15) is 14.4 Å². The molecule has 1 amide bonds. The molecule has 134 valence electrons. The van der Waals surface area contributed by atoms with Crippen molar-refractivity contribution in [1.82, 2.24) is 0 Å². The highest BCUT2D eigenvalue weighted by Crippen LogP contribution is 2.36. The minimum Gasteiger partial charge on any atom is -0.497 e. The Morgan fingerprint density at radius 2 is 1.96 bits per heavy atom. The number of hydrogen-bond donors (Lipinski definition) is 1. The Labute approximate surface area is 154 Å². The Morgan fingerprint density at radius 1 is 1.15 bits per heavy atom. The molecule has 26 heavy (non-hydrogen) atoms. The number of fused-ring (bicyclic) bond motifs is 1. The molecule has 0 aromatic heterocycles. The van der Waals surface area contributed by atoms with E-state index in [0.29, 0.717) is 11.3 Å². The van der Waals surface area contributed by atoms with Gasteiger partial charge >= 0.3 is 5.97 Å². The molecule has 0 saturated carbocycles. The normalized spacial score (nSPS) is 15.6. The van der Waals surface area contributed by atoms with Crippen molar-refractivity contribution in [3.8, 4) is 5.75 Å². The van der Waals surface area contributed by atoms with Crippen LogP contribution in [-0.2, 0) is 14.3 Å². The molecule has 1 N–H and O–H groups in total. The number of thioether (sulfide) groups is 1. The number of methoxy groups -OCH3 is 1. The third-order valence-corrected chi connectivity index (χ3v) is 5.09. The van der Waals surface area contributed by atoms with E-state index in [0.717, 1.165) is 10.6 Å². The molecule has 0 radical (unpaired) electrons. The van der Waals surface area contributed by atoms with Crippen molar-refractivity contribution in [2.75, 3.05) is 19.0 Å². The fourth-order valence-corrected chi connectivity index (χ4v) is 3.56. The lowest BCUT2D eigenvalue weighted by Crippen LogP contribution is -2.31. The summed E-state index contributed by atoms with van der Waals surface area (Å²) in [5.41, 5.74) is 1.14. The third-order valence-electron chi connectivity index (χ3n) is 3.81. The van der Waals surface area contributed by atoms with E-state index in [4.69, 9.17) is 9.47 Å². The minimum absolute atomic E-state index is 0.101. The maximum atomic E-state index is 12.1. The molecule has 1 aliphatic heterocycles. The number of amides is 1. The second-order valence-electron chi connectivity index (χ2n) is 5.61. The molecule has 7 heteroatoms. The summed E-state index contributed by atoms with van der Waals surface area (Å²) < 4.78 is 10.1. The number of anilines is 1. The summed E-state index contributed by atoms with van der Waals surface area (Å²) >= 11 is 1.31. The Morgan fingerprint density at radius 3 is 2.77 bits per heavy atom. The molecule has 2 aromatic rings.